The van der Waals surface area contributed by atoms with E-state index in [2.05, 4.69) is 27.1 Å². The molecule has 0 saturated heterocycles. The lowest BCUT2D eigenvalue weighted by molar-refractivity contribution is 0.283. The van der Waals surface area contributed by atoms with Crippen molar-refractivity contribution >= 4 is 11.8 Å². The third-order valence-electron chi connectivity index (χ3n) is 2.92. The summed E-state index contributed by atoms with van der Waals surface area (Å²) in [6, 6.07) is 2.00. The van der Waals surface area contributed by atoms with E-state index >= 15 is 0 Å². The Kier molecular flexibility index (Phi) is 7.18. The molecule has 0 amide bonds. The fourth-order valence-corrected chi connectivity index (χ4v) is 1.82. The average molecular weight is 266 g/mol. The Balaban J connectivity index is 2.57. The number of aryl methyl sites for hydroxylation is 1. The van der Waals surface area contributed by atoms with Crippen LogP contribution in [0.4, 0.5) is 11.8 Å². The summed E-state index contributed by atoms with van der Waals surface area (Å²) in [5, 5.41) is 12.0. The highest BCUT2D eigenvalue weighted by molar-refractivity contribution is 5.43. The molecule has 5 heteroatoms. The van der Waals surface area contributed by atoms with Gasteiger partial charge in [0.1, 0.15) is 5.82 Å². The zero-order valence-corrected chi connectivity index (χ0v) is 12.3. The topological polar surface area (TPSA) is 61.3 Å². The number of hydrogen-bond acceptors (Lipinski definition) is 5. The standard InChI is InChI=1S/C14H26N4O/c1-4-8-15-14-16-12(2)11-13(17-14)18(3)9-6-5-7-10-19/h11,19H,4-10H2,1-3H3,(H,15,16,17). The maximum atomic E-state index is 8.76. The number of hydrogen-bond donors (Lipinski definition) is 2. The van der Waals surface area contributed by atoms with Gasteiger partial charge in [-0.05, 0) is 32.6 Å². The number of aliphatic hydroxyl groups excluding tert-OH is 1. The lowest BCUT2D eigenvalue weighted by Gasteiger charge is -2.19. The van der Waals surface area contributed by atoms with Crippen LogP contribution in [0, 0.1) is 6.92 Å². The Labute approximate surface area is 116 Å². The molecule has 108 valence electrons. The van der Waals surface area contributed by atoms with Crippen molar-refractivity contribution in [2.75, 3.05) is 37.0 Å². The van der Waals surface area contributed by atoms with E-state index in [4.69, 9.17) is 5.11 Å². The number of nitrogens with one attached hydrogen (secondary N) is 1. The molecule has 0 aliphatic heterocycles. The van der Waals surface area contributed by atoms with Gasteiger partial charge in [0.25, 0.3) is 0 Å². The van der Waals surface area contributed by atoms with Gasteiger partial charge in [-0.3, -0.25) is 0 Å². The van der Waals surface area contributed by atoms with Crippen LogP contribution < -0.4 is 10.2 Å². The van der Waals surface area contributed by atoms with E-state index in [0.29, 0.717) is 5.95 Å². The van der Waals surface area contributed by atoms with Gasteiger partial charge >= 0.3 is 0 Å². The lowest BCUT2D eigenvalue weighted by atomic mass is 10.2. The highest BCUT2D eigenvalue weighted by atomic mass is 16.2. The van der Waals surface area contributed by atoms with E-state index in [-0.39, 0.29) is 6.61 Å². The Morgan fingerprint density at radius 3 is 2.74 bits per heavy atom. The molecule has 0 spiro atoms. The summed E-state index contributed by atoms with van der Waals surface area (Å²) < 4.78 is 0. The molecule has 0 aromatic carbocycles. The van der Waals surface area contributed by atoms with Crippen molar-refractivity contribution in [1.82, 2.24) is 9.97 Å². The van der Waals surface area contributed by atoms with Gasteiger partial charge in [-0.15, -0.1) is 0 Å². The summed E-state index contributed by atoms with van der Waals surface area (Å²) in [5.74, 6) is 1.66. The molecule has 1 aromatic heterocycles. The number of anilines is 2. The Hall–Kier alpha value is -1.36. The van der Waals surface area contributed by atoms with Crippen molar-refractivity contribution < 1.29 is 5.11 Å². The van der Waals surface area contributed by atoms with Crippen LogP contribution >= 0.6 is 0 Å². The van der Waals surface area contributed by atoms with Crippen LogP contribution in [0.2, 0.25) is 0 Å². The summed E-state index contributed by atoms with van der Waals surface area (Å²) in [5.41, 5.74) is 0.978. The Morgan fingerprint density at radius 1 is 1.26 bits per heavy atom. The maximum absolute atomic E-state index is 8.76. The van der Waals surface area contributed by atoms with Gasteiger partial charge < -0.3 is 15.3 Å². The second-order valence-electron chi connectivity index (χ2n) is 4.82. The highest BCUT2D eigenvalue weighted by Gasteiger charge is 2.06. The van der Waals surface area contributed by atoms with Gasteiger partial charge in [-0.1, -0.05) is 6.92 Å². The minimum atomic E-state index is 0.279. The minimum Gasteiger partial charge on any atom is -0.396 e. The van der Waals surface area contributed by atoms with Crippen LogP contribution in [0.5, 0.6) is 0 Å². The first-order valence-corrected chi connectivity index (χ1v) is 7.09. The van der Waals surface area contributed by atoms with Crippen LogP contribution in [0.15, 0.2) is 6.07 Å². The zero-order valence-electron chi connectivity index (χ0n) is 12.3. The summed E-state index contributed by atoms with van der Waals surface area (Å²) in [6.07, 6.45) is 4.05. The largest absolute Gasteiger partial charge is 0.396 e. The van der Waals surface area contributed by atoms with E-state index in [1.54, 1.807) is 0 Å². The molecule has 19 heavy (non-hydrogen) atoms. The maximum Gasteiger partial charge on any atom is 0.224 e. The first kappa shape index (κ1) is 15.7. The summed E-state index contributed by atoms with van der Waals surface area (Å²) in [7, 11) is 2.05. The van der Waals surface area contributed by atoms with E-state index in [9.17, 15) is 0 Å². The van der Waals surface area contributed by atoms with Crippen LogP contribution in [0.1, 0.15) is 38.3 Å². The summed E-state index contributed by atoms with van der Waals surface area (Å²) in [6.45, 7) is 6.23. The number of aromatic nitrogens is 2. The van der Waals surface area contributed by atoms with Gasteiger partial charge in [0.15, 0.2) is 0 Å². The van der Waals surface area contributed by atoms with Crippen molar-refractivity contribution in [2.45, 2.75) is 39.5 Å². The molecule has 0 aliphatic rings. The van der Waals surface area contributed by atoms with Gasteiger partial charge in [0.05, 0.1) is 0 Å². The quantitative estimate of drug-likeness (QED) is 0.671. The molecule has 1 aromatic rings. The van der Waals surface area contributed by atoms with E-state index < -0.39 is 0 Å². The fourth-order valence-electron chi connectivity index (χ4n) is 1.82. The molecule has 0 unspecified atom stereocenters. The first-order chi connectivity index (χ1) is 9.17. The smallest absolute Gasteiger partial charge is 0.224 e. The molecule has 0 saturated carbocycles. The second-order valence-corrected chi connectivity index (χ2v) is 4.82. The fraction of sp³-hybridized carbons (Fsp3) is 0.714. The minimum absolute atomic E-state index is 0.279. The molecule has 0 atom stereocenters. The normalized spacial score (nSPS) is 10.5. The third-order valence-corrected chi connectivity index (χ3v) is 2.92. The monoisotopic (exact) mass is 266 g/mol. The van der Waals surface area contributed by atoms with Crippen molar-refractivity contribution in [1.29, 1.82) is 0 Å². The predicted molar refractivity (Wildman–Crippen MR) is 79.8 cm³/mol. The van der Waals surface area contributed by atoms with E-state index in [0.717, 1.165) is 50.3 Å². The zero-order chi connectivity index (χ0) is 14.1. The van der Waals surface area contributed by atoms with E-state index in [1.165, 1.54) is 0 Å². The molecule has 0 radical (unpaired) electrons. The van der Waals surface area contributed by atoms with Crippen LogP contribution in [0.25, 0.3) is 0 Å². The molecule has 2 N–H and O–H groups in total. The molecular weight excluding hydrogens is 240 g/mol. The van der Waals surface area contributed by atoms with Crippen molar-refractivity contribution in [2.24, 2.45) is 0 Å². The predicted octanol–water partition coefficient (Wildman–Crippen LogP) is 2.21. The number of nitrogens with zero attached hydrogens (tertiary/aromatic N) is 3. The molecule has 1 heterocycles. The van der Waals surface area contributed by atoms with Crippen LogP contribution in [-0.4, -0.2) is 41.8 Å². The van der Waals surface area contributed by atoms with Gasteiger partial charge in [-0.25, -0.2) is 4.98 Å². The molecule has 1 rings (SSSR count). The summed E-state index contributed by atoms with van der Waals surface area (Å²) in [4.78, 5) is 11.0. The SMILES string of the molecule is CCCNc1nc(C)cc(N(C)CCCCCO)n1. The molecule has 0 fully saturated rings. The second kappa shape index (κ2) is 8.69. The highest BCUT2D eigenvalue weighted by Crippen LogP contribution is 2.14. The Morgan fingerprint density at radius 2 is 2.05 bits per heavy atom. The van der Waals surface area contributed by atoms with Crippen LogP contribution in [0.3, 0.4) is 0 Å². The lowest BCUT2D eigenvalue weighted by Crippen LogP contribution is -2.21. The molecule has 0 aliphatic carbocycles. The van der Waals surface area contributed by atoms with E-state index in [1.807, 2.05) is 20.0 Å². The molecule has 0 bridgehead atoms. The van der Waals surface area contributed by atoms with Gasteiger partial charge in [0.2, 0.25) is 5.95 Å². The number of aliphatic hydroxyl groups is 1. The van der Waals surface area contributed by atoms with Gasteiger partial charge in [-0.2, -0.15) is 4.98 Å². The van der Waals surface area contributed by atoms with Crippen LogP contribution in [-0.2, 0) is 0 Å². The van der Waals surface area contributed by atoms with Crippen molar-refractivity contribution in [3.63, 3.8) is 0 Å². The first-order valence-electron chi connectivity index (χ1n) is 7.09. The number of unbranched alkanes of at least 4 members (excludes halogenated alkanes) is 2. The molecular formula is C14H26N4O. The Bertz CT molecular complexity index is 370. The van der Waals surface area contributed by atoms with Crippen molar-refractivity contribution in [3.05, 3.63) is 11.8 Å². The van der Waals surface area contributed by atoms with Crippen molar-refractivity contribution in [3.8, 4) is 0 Å². The van der Waals surface area contributed by atoms with Gasteiger partial charge in [0, 0.05) is 38.5 Å². The average Bonchev–Trinajstić information content (AvgIpc) is 2.40. The summed E-state index contributed by atoms with van der Waals surface area (Å²) >= 11 is 0. The third kappa shape index (κ3) is 5.87. The number of rotatable bonds is 9. The molecule has 5 nitrogen and oxygen atoms in total.